The summed E-state index contributed by atoms with van der Waals surface area (Å²) in [4.78, 5) is 2.51. The van der Waals surface area contributed by atoms with Gasteiger partial charge in [0.25, 0.3) is 0 Å². The van der Waals surface area contributed by atoms with E-state index < -0.39 is 0 Å². The third-order valence-corrected chi connectivity index (χ3v) is 4.80. The summed E-state index contributed by atoms with van der Waals surface area (Å²) >= 11 is 8.04. The first-order valence-electron chi connectivity index (χ1n) is 6.97. The molecule has 1 aromatic heterocycles. The van der Waals surface area contributed by atoms with Crippen LogP contribution >= 0.6 is 22.9 Å². The highest BCUT2D eigenvalue weighted by Crippen LogP contribution is 2.33. The van der Waals surface area contributed by atoms with E-state index in [9.17, 15) is 0 Å². The van der Waals surface area contributed by atoms with E-state index in [-0.39, 0.29) is 0 Å². The predicted molar refractivity (Wildman–Crippen MR) is 89.4 cm³/mol. The first-order valence-corrected chi connectivity index (χ1v) is 8.17. The molecule has 20 heavy (non-hydrogen) atoms. The van der Waals surface area contributed by atoms with Gasteiger partial charge < -0.3 is 5.32 Å². The lowest BCUT2D eigenvalue weighted by Crippen LogP contribution is -2.18. The minimum Gasteiger partial charge on any atom is -0.310 e. The molecule has 1 N–H and O–H groups in total. The maximum Gasteiger partial charge on any atom is 0.0492 e. The number of nitrogens with one attached hydrogen (secondary N) is 1. The van der Waals surface area contributed by atoms with Crippen molar-refractivity contribution < 1.29 is 0 Å². The van der Waals surface area contributed by atoms with Crippen molar-refractivity contribution >= 4 is 29.0 Å². The van der Waals surface area contributed by atoms with Crippen LogP contribution in [0.2, 0.25) is 5.02 Å². The summed E-state index contributed by atoms with van der Waals surface area (Å²) in [7, 11) is 0. The van der Waals surface area contributed by atoms with Crippen molar-refractivity contribution in [2.45, 2.75) is 25.8 Å². The Hall–Kier alpha value is -1.09. The van der Waals surface area contributed by atoms with Crippen molar-refractivity contribution in [2.75, 3.05) is 6.54 Å². The summed E-state index contributed by atoms with van der Waals surface area (Å²) in [6.07, 6.45) is 4.94. The first kappa shape index (κ1) is 13.9. The number of halogens is 1. The number of rotatable bonds is 5. The van der Waals surface area contributed by atoms with Gasteiger partial charge in [-0.25, -0.2) is 0 Å². The van der Waals surface area contributed by atoms with Crippen LogP contribution in [0.1, 0.15) is 24.6 Å². The van der Waals surface area contributed by atoms with Gasteiger partial charge in [-0.1, -0.05) is 35.4 Å². The molecule has 0 atom stereocenters. The Labute approximate surface area is 129 Å². The molecular weight excluding hydrogens is 286 g/mol. The van der Waals surface area contributed by atoms with Gasteiger partial charge in [0.05, 0.1) is 0 Å². The van der Waals surface area contributed by atoms with Crippen LogP contribution in [-0.4, -0.2) is 12.6 Å². The highest BCUT2D eigenvalue weighted by Gasteiger charge is 2.19. The molecule has 0 saturated heterocycles. The van der Waals surface area contributed by atoms with Gasteiger partial charge in [0.1, 0.15) is 0 Å². The second-order valence-electron chi connectivity index (χ2n) is 5.33. The Balaban J connectivity index is 1.72. The minimum absolute atomic E-state index is 0.764. The smallest absolute Gasteiger partial charge is 0.0492 e. The van der Waals surface area contributed by atoms with Gasteiger partial charge in [-0.2, -0.15) is 0 Å². The molecule has 0 radical (unpaired) electrons. The summed E-state index contributed by atoms with van der Waals surface area (Å²) < 4.78 is 0. The summed E-state index contributed by atoms with van der Waals surface area (Å²) in [6, 6.07) is 13.1. The Morgan fingerprint density at radius 1 is 1.30 bits per heavy atom. The van der Waals surface area contributed by atoms with E-state index in [1.807, 2.05) is 18.2 Å². The van der Waals surface area contributed by atoms with Gasteiger partial charge >= 0.3 is 0 Å². The fraction of sp³-hybridized carbons (Fsp3) is 0.294. The van der Waals surface area contributed by atoms with E-state index in [1.54, 1.807) is 11.3 Å². The fourth-order valence-corrected chi connectivity index (χ4v) is 3.49. The lowest BCUT2D eigenvalue weighted by molar-refractivity contribution is 0.736. The zero-order chi connectivity index (χ0) is 13.9. The van der Waals surface area contributed by atoms with Crippen LogP contribution in [-0.2, 0) is 0 Å². The van der Waals surface area contributed by atoms with Crippen molar-refractivity contribution in [1.29, 1.82) is 0 Å². The predicted octanol–water partition coefficient (Wildman–Crippen LogP) is 5.22. The zero-order valence-corrected chi connectivity index (χ0v) is 13.1. The first-order chi connectivity index (χ1) is 9.72. The molecule has 1 saturated carbocycles. The molecule has 0 bridgehead atoms. The molecule has 0 aliphatic heterocycles. The molecule has 2 aromatic rings. The number of hydrogen-bond acceptors (Lipinski definition) is 2. The number of benzene rings is 1. The van der Waals surface area contributed by atoms with Crippen molar-refractivity contribution in [2.24, 2.45) is 0 Å². The van der Waals surface area contributed by atoms with Gasteiger partial charge in [0.15, 0.2) is 0 Å². The normalized spacial score (nSPS) is 15.6. The lowest BCUT2D eigenvalue weighted by atomic mass is 10.2. The summed E-state index contributed by atoms with van der Waals surface area (Å²) in [5.74, 6) is 0. The average Bonchev–Trinajstić information content (AvgIpc) is 3.16. The number of hydrogen-bond donors (Lipinski definition) is 1. The molecule has 3 rings (SSSR count). The quantitative estimate of drug-likeness (QED) is 0.798. The van der Waals surface area contributed by atoms with E-state index in [0.717, 1.165) is 23.2 Å². The monoisotopic (exact) mass is 303 g/mol. The Bertz CT molecular complexity index is 625. The van der Waals surface area contributed by atoms with E-state index >= 15 is 0 Å². The van der Waals surface area contributed by atoms with E-state index in [2.05, 4.69) is 36.5 Å². The molecule has 1 fully saturated rings. The molecule has 1 aliphatic carbocycles. The van der Waals surface area contributed by atoms with Crippen LogP contribution < -0.4 is 5.32 Å². The SMILES string of the molecule is CC(=Cc1ccc(-c2ccccc2Cl)s1)CNC1CC1. The maximum absolute atomic E-state index is 6.25. The highest BCUT2D eigenvalue weighted by atomic mass is 35.5. The van der Waals surface area contributed by atoms with Crippen molar-refractivity contribution in [3.8, 4) is 10.4 Å². The Morgan fingerprint density at radius 3 is 2.85 bits per heavy atom. The van der Waals surface area contributed by atoms with Crippen LogP contribution in [0.15, 0.2) is 42.0 Å². The summed E-state index contributed by atoms with van der Waals surface area (Å²) in [5.41, 5.74) is 2.50. The molecule has 1 aromatic carbocycles. The van der Waals surface area contributed by atoms with Crippen LogP contribution in [0, 0.1) is 0 Å². The number of thiophene rings is 1. The van der Waals surface area contributed by atoms with Crippen LogP contribution in [0.25, 0.3) is 16.5 Å². The zero-order valence-electron chi connectivity index (χ0n) is 11.5. The minimum atomic E-state index is 0.764. The fourth-order valence-electron chi connectivity index (χ4n) is 2.12. The lowest BCUT2D eigenvalue weighted by Gasteiger charge is -2.02. The van der Waals surface area contributed by atoms with E-state index in [4.69, 9.17) is 11.6 Å². The molecule has 3 heteroatoms. The van der Waals surface area contributed by atoms with Gasteiger partial charge in [-0.3, -0.25) is 0 Å². The van der Waals surface area contributed by atoms with Crippen LogP contribution in [0.4, 0.5) is 0 Å². The molecule has 0 spiro atoms. The molecule has 1 heterocycles. The van der Waals surface area contributed by atoms with Crippen molar-refractivity contribution in [3.05, 3.63) is 51.9 Å². The molecular formula is C17H18ClNS. The van der Waals surface area contributed by atoms with E-state index in [0.29, 0.717) is 0 Å². The Kier molecular flexibility index (Phi) is 4.25. The average molecular weight is 304 g/mol. The van der Waals surface area contributed by atoms with Crippen molar-refractivity contribution in [1.82, 2.24) is 5.32 Å². The third-order valence-electron chi connectivity index (χ3n) is 3.40. The highest BCUT2D eigenvalue weighted by molar-refractivity contribution is 7.16. The largest absolute Gasteiger partial charge is 0.310 e. The van der Waals surface area contributed by atoms with Crippen molar-refractivity contribution in [3.63, 3.8) is 0 Å². The second kappa shape index (κ2) is 6.13. The summed E-state index contributed by atoms with van der Waals surface area (Å²) in [6.45, 7) is 3.17. The van der Waals surface area contributed by atoms with Crippen LogP contribution in [0.3, 0.4) is 0 Å². The van der Waals surface area contributed by atoms with Gasteiger partial charge in [0, 0.05) is 32.9 Å². The standard InChI is InChI=1S/C17H18ClNS/c1-12(11-19-13-6-7-13)10-14-8-9-17(20-14)15-4-2-3-5-16(15)18/h2-5,8-10,13,19H,6-7,11H2,1H3. The Morgan fingerprint density at radius 2 is 2.10 bits per heavy atom. The van der Waals surface area contributed by atoms with Crippen LogP contribution in [0.5, 0.6) is 0 Å². The summed E-state index contributed by atoms with van der Waals surface area (Å²) in [5, 5.41) is 4.36. The maximum atomic E-state index is 6.25. The molecule has 0 unspecified atom stereocenters. The molecule has 1 aliphatic rings. The molecule has 1 nitrogen and oxygen atoms in total. The second-order valence-corrected chi connectivity index (χ2v) is 6.85. The molecule has 0 amide bonds. The van der Waals surface area contributed by atoms with Gasteiger partial charge in [0.2, 0.25) is 0 Å². The third kappa shape index (κ3) is 3.51. The molecule has 104 valence electrons. The van der Waals surface area contributed by atoms with E-state index in [1.165, 1.54) is 28.2 Å². The van der Waals surface area contributed by atoms with Gasteiger partial charge in [-0.05, 0) is 44.0 Å². The topological polar surface area (TPSA) is 12.0 Å². The van der Waals surface area contributed by atoms with Gasteiger partial charge in [-0.15, -0.1) is 11.3 Å².